The van der Waals surface area contributed by atoms with Crippen molar-refractivity contribution in [2.24, 2.45) is 23.2 Å². The smallest absolute Gasteiger partial charge is 0.392 e. The van der Waals surface area contributed by atoms with Gasteiger partial charge in [0, 0.05) is 20.0 Å². The Balaban J connectivity index is 0.000000211. The van der Waals surface area contributed by atoms with E-state index in [1.165, 1.54) is 0 Å². The average Bonchev–Trinajstić information content (AvgIpc) is 2.80. The Morgan fingerprint density at radius 1 is 1.24 bits per heavy atom. The zero-order chi connectivity index (χ0) is 21.8. The average molecular weight is 415 g/mol. The van der Waals surface area contributed by atoms with Crippen LogP contribution in [0.5, 0.6) is 5.75 Å². The van der Waals surface area contributed by atoms with Gasteiger partial charge in [-0.3, -0.25) is 9.59 Å². The summed E-state index contributed by atoms with van der Waals surface area (Å²) >= 11 is 0. The van der Waals surface area contributed by atoms with Gasteiger partial charge in [-0.1, -0.05) is 12.1 Å². The maximum Gasteiger partial charge on any atom is 0.392 e. The standard InChI is InChI=1S/C10H11NO2.C8H13F3N4O/c1-11-8-4-2-3-5-9(8)13-7-6-10(11)12;9-8(10,11)4-1-2-15(14)5(3-4)6(12)7(13)16/h2-5H,6-7H2,1H3;4H,1-3,12,14H2,(H2,13,16)/b;6-5-. The van der Waals surface area contributed by atoms with Gasteiger partial charge in [0.15, 0.2) is 0 Å². The summed E-state index contributed by atoms with van der Waals surface area (Å²) in [5, 5.41) is 1.04. The Morgan fingerprint density at radius 2 is 1.90 bits per heavy atom. The van der Waals surface area contributed by atoms with Gasteiger partial charge in [0.25, 0.3) is 5.91 Å². The molecule has 0 spiro atoms. The van der Waals surface area contributed by atoms with Crippen LogP contribution < -0.4 is 26.9 Å². The number of amides is 2. The van der Waals surface area contributed by atoms with Crippen LogP contribution in [-0.4, -0.2) is 43.2 Å². The maximum atomic E-state index is 12.5. The quantitative estimate of drug-likeness (QED) is 0.467. The highest BCUT2D eigenvalue weighted by atomic mass is 19.4. The molecule has 1 aromatic carbocycles. The summed E-state index contributed by atoms with van der Waals surface area (Å²) in [5.41, 5.74) is 10.6. The molecule has 2 aliphatic rings. The minimum absolute atomic E-state index is 0.00646. The number of hydrazine groups is 1. The number of hydrogen-bond donors (Lipinski definition) is 3. The van der Waals surface area contributed by atoms with E-state index in [4.69, 9.17) is 22.0 Å². The van der Waals surface area contributed by atoms with E-state index in [1.54, 1.807) is 11.9 Å². The van der Waals surface area contributed by atoms with Gasteiger partial charge in [-0.15, -0.1) is 0 Å². The molecule has 160 valence electrons. The van der Waals surface area contributed by atoms with E-state index < -0.39 is 30.1 Å². The number of para-hydroxylation sites is 2. The highest BCUT2D eigenvalue weighted by Crippen LogP contribution is 2.37. The number of ether oxygens (including phenoxy) is 1. The molecular formula is C18H24F3N5O3. The molecular weight excluding hydrogens is 391 g/mol. The fraction of sp³-hybridized carbons (Fsp3) is 0.444. The molecule has 1 atom stereocenters. The van der Waals surface area contributed by atoms with Crippen LogP contribution in [-0.2, 0) is 9.59 Å². The molecule has 2 amide bonds. The van der Waals surface area contributed by atoms with Gasteiger partial charge in [0.2, 0.25) is 5.91 Å². The van der Waals surface area contributed by atoms with Gasteiger partial charge in [-0.25, -0.2) is 5.84 Å². The predicted molar refractivity (Wildman–Crippen MR) is 100 cm³/mol. The van der Waals surface area contributed by atoms with Gasteiger partial charge in [-0.05, 0) is 18.6 Å². The van der Waals surface area contributed by atoms with Gasteiger partial charge in [0.1, 0.15) is 11.4 Å². The van der Waals surface area contributed by atoms with Crippen molar-refractivity contribution in [2.45, 2.75) is 25.4 Å². The van der Waals surface area contributed by atoms with Crippen LogP contribution in [0.3, 0.4) is 0 Å². The number of nitrogens with zero attached hydrogens (tertiary/aromatic N) is 2. The van der Waals surface area contributed by atoms with E-state index >= 15 is 0 Å². The fourth-order valence-corrected chi connectivity index (χ4v) is 2.98. The molecule has 2 aliphatic heterocycles. The molecule has 0 aromatic heterocycles. The first kappa shape index (κ1) is 22.3. The summed E-state index contributed by atoms with van der Waals surface area (Å²) in [4.78, 5) is 23.8. The Hall–Kier alpha value is -2.95. The number of carbonyl (C=O) groups is 2. The summed E-state index contributed by atoms with van der Waals surface area (Å²) in [7, 11) is 1.77. The Kier molecular flexibility index (Phi) is 6.96. The molecule has 0 bridgehead atoms. The normalized spacial score (nSPS) is 21.3. The molecule has 29 heavy (non-hydrogen) atoms. The van der Waals surface area contributed by atoms with E-state index in [9.17, 15) is 22.8 Å². The van der Waals surface area contributed by atoms with Crippen molar-refractivity contribution in [1.82, 2.24) is 5.01 Å². The number of benzene rings is 1. The lowest BCUT2D eigenvalue weighted by molar-refractivity contribution is -0.181. The Labute approximate surface area is 166 Å². The van der Waals surface area contributed by atoms with Crippen LogP contribution in [0.4, 0.5) is 18.9 Å². The van der Waals surface area contributed by atoms with Crippen LogP contribution in [0.15, 0.2) is 35.7 Å². The number of piperidine rings is 1. The topological polar surface area (TPSA) is 128 Å². The van der Waals surface area contributed by atoms with E-state index in [2.05, 4.69) is 0 Å². The van der Waals surface area contributed by atoms with Crippen molar-refractivity contribution in [3.8, 4) is 5.75 Å². The number of nitrogens with two attached hydrogens (primary N) is 3. The lowest BCUT2D eigenvalue weighted by Gasteiger charge is -2.34. The molecule has 11 heteroatoms. The van der Waals surface area contributed by atoms with Crippen molar-refractivity contribution in [3.63, 3.8) is 0 Å². The molecule has 1 aromatic rings. The first-order chi connectivity index (χ1) is 13.5. The molecule has 6 N–H and O–H groups in total. The third kappa shape index (κ3) is 5.53. The van der Waals surface area contributed by atoms with Gasteiger partial charge >= 0.3 is 6.18 Å². The van der Waals surface area contributed by atoms with Crippen LogP contribution in [0.1, 0.15) is 19.3 Å². The van der Waals surface area contributed by atoms with Crippen molar-refractivity contribution >= 4 is 17.5 Å². The van der Waals surface area contributed by atoms with Crippen LogP contribution in [0.2, 0.25) is 0 Å². The summed E-state index contributed by atoms with van der Waals surface area (Å²) in [5.74, 6) is 3.84. The first-order valence-electron chi connectivity index (χ1n) is 8.88. The lowest BCUT2D eigenvalue weighted by Crippen LogP contribution is -2.43. The second-order valence-corrected chi connectivity index (χ2v) is 6.67. The Morgan fingerprint density at radius 3 is 2.52 bits per heavy atom. The highest BCUT2D eigenvalue weighted by Gasteiger charge is 2.43. The fourth-order valence-electron chi connectivity index (χ4n) is 2.98. The zero-order valence-electron chi connectivity index (χ0n) is 15.9. The van der Waals surface area contributed by atoms with Crippen LogP contribution in [0, 0.1) is 5.92 Å². The van der Waals surface area contributed by atoms with E-state index in [0.717, 1.165) is 16.4 Å². The molecule has 8 nitrogen and oxygen atoms in total. The number of halogens is 3. The predicted octanol–water partition coefficient (Wildman–Crippen LogP) is 1.22. The number of rotatable bonds is 1. The maximum absolute atomic E-state index is 12.5. The van der Waals surface area contributed by atoms with Crippen molar-refractivity contribution in [2.75, 3.05) is 25.1 Å². The Bertz CT molecular complexity index is 797. The number of allylic oxidation sites excluding steroid dienone is 1. The number of carbonyl (C=O) groups excluding carboxylic acids is 2. The second-order valence-electron chi connectivity index (χ2n) is 6.67. The second kappa shape index (κ2) is 9.03. The third-order valence-electron chi connectivity index (χ3n) is 4.72. The number of fused-ring (bicyclic) bond motifs is 1. The summed E-state index contributed by atoms with van der Waals surface area (Å²) in [6.45, 7) is 0.466. The van der Waals surface area contributed by atoms with E-state index in [1.807, 2.05) is 24.3 Å². The highest BCUT2D eigenvalue weighted by molar-refractivity contribution is 5.95. The van der Waals surface area contributed by atoms with E-state index in [0.29, 0.717) is 13.0 Å². The van der Waals surface area contributed by atoms with E-state index in [-0.39, 0.29) is 24.6 Å². The molecule has 1 unspecified atom stereocenters. The lowest BCUT2D eigenvalue weighted by atomic mass is 9.93. The first-order valence-corrected chi connectivity index (χ1v) is 8.88. The molecule has 3 rings (SSSR count). The summed E-state index contributed by atoms with van der Waals surface area (Å²) in [6.07, 6.45) is -4.39. The van der Waals surface area contributed by atoms with Crippen molar-refractivity contribution in [1.29, 1.82) is 0 Å². The molecule has 2 heterocycles. The molecule has 0 aliphatic carbocycles. The minimum Gasteiger partial charge on any atom is -0.491 e. The number of primary amides is 1. The van der Waals surface area contributed by atoms with Crippen molar-refractivity contribution in [3.05, 3.63) is 35.7 Å². The molecule has 0 radical (unpaired) electrons. The monoisotopic (exact) mass is 415 g/mol. The largest absolute Gasteiger partial charge is 0.491 e. The van der Waals surface area contributed by atoms with Crippen molar-refractivity contribution < 1.29 is 27.5 Å². The molecule has 1 fully saturated rings. The number of hydrogen-bond acceptors (Lipinski definition) is 6. The van der Waals surface area contributed by atoms with Gasteiger partial charge in [-0.2, -0.15) is 13.2 Å². The van der Waals surface area contributed by atoms with Crippen LogP contribution >= 0.6 is 0 Å². The summed E-state index contributed by atoms with van der Waals surface area (Å²) in [6, 6.07) is 7.57. The SMILES string of the molecule is CN1C(=O)CCOc2ccccc21.NC(=O)/C(N)=C1\CC(C(F)(F)F)CCN1N. The van der Waals surface area contributed by atoms with Crippen LogP contribution in [0.25, 0.3) is 0 Å². The molecule has 0 saturated carbocycles. The molecule has 1 saturated heterocycles. The third-order valence-corrected chi connectivity index (χ3v) is 4.72. The summed E-state index contributed by atoms with van der Waals surface area (Å²) < 4.78 is 42.8. The number of anilines is 1. The minimum atomic E-state index is -4.32. The zero-order valence-corrected chi connectivity index (χ0v) is 15.9. The van der Waals surface area contributed by atoms with Gasteiger partial charge < -0.3 is 26.1 Å². The number of alkyl halides is 3. The van der Waals surface area contributed by atoms with Gasteiger partial charge in [0.05, 0.1) is 30.3 Å².